The van der Waals surface area contributed by atoms with E-state index in [0.717, 1.165) is 15.8 Å². The van der Waals surface area contributed by atoms with E-state index in [1.807, 2.05) is 24.1 Å². The molecule has 0 spiro atoms. The zero-order valence-electron chi connectivity index (χ0n) is 9.72. The SMILES string of the molecule is CN(Cc1ccc(C(=O)O)o1)Cc1ccc(Cl)s1. The summed E-state index contributed by atoms with van der Waals surface area (Å²) in [4.78, 5) is 13.9. The molecule has 2 aromatic heterocycles. The summed E-state index contributed by atoms with van der Waals surface area (Å²) < 4.78 is 5.96. The molecule has 6 heteroatoms. The first kappa shape index (κ1) is 13.1. The van der Waals surface area contributed by atoms with Crippen LogP contribution in [0.15, 0.2) is 28.7 Å². The van der Waals surface area contributed by atoms with Crippen molar-refractivity contribution in [2.75, 3.05) is 7.05 Å². The summed E-state index contributed by atoms with van der Waals surface area (Å²) in [5, 5.41) is 8.75. The molecule has 0 aromatic carbocycles. The van der Waals surface area contributed by atoms with Gasteiger partial charge in [0.2, 0.25) is 5.76 Å². The van der Waals surface area contributed by atoms with E-state index in [2.05, 4.69) is 0 Å². The van der Waals surface area contributed by atoms with Crippen LogP contribution in [0.1, 0.15) is 21.2 Å². The number of carboxylic acid groups (broad SMARTS) is 1. The predicted octanol–water partition coefficient (Wildman–Crippen LogP) is 3.32. The summed E-state index contributed by atoms with van der Waals surface area (Å²) in [6.45, 7) is 1.31. The zero-order chi connectivity index (χ0) is 13.1. The van der Waals surface area contributed by atoms with Gasteiger partial charge >= 0.3 is 5.97 Å². The summed E-state index contributed by atoms with van der Waals surface area (Å²) in [5.74, 6) is -0.441. The van der Waals surface area contributed by atoms with Crippen LogP contribution in [-0.4, -0.2) is 23.0 Å². The lowest BCUT2D eigenvalue weighted by molar-refractivity contribution is 0.0658. The number of carbonyl (C=O) groups is 1. The van der Waals surface area contributed by atoms with Crippen molar-refractivity contribution in [1.29, 1.82) is 0 Å². The Morgan fingerprint density at radius 2 is 2.17 bits per heavy atom. The molecule has 0 atom stereocenters. The highest BCUT2D eigenvalue weighted by Gasteiger charge is 2.11. The molecule has 0 aliphatic heterocycles. The van der Waals surface area contributed by atoms with Gasteiger partial charge < -0.3 is 9.52 Å². The second kappa shape index (κ2) is 5.56. The molecule has 0 saturated heterocycles. The van der Waals surface area contributed by atoms with Gasteiger partial charge in [0, 0.05) is 11.4 Å². The maximum atomic E-state index is 10.7. The fraction of sp³-hybridized carbons (Fsp3) is 0.250. The Labute approximate surface area is 113 Å². The van der Waals surface area contributed by atoms with Crippen LogP contribution in [-0.2, 0) is 13.1 Å². The predicted molar refractivity (Wildman–Crippen MR) is 70.2 cm³/mol. The molecule has 96 valence electrons. The summed E-state index contributed by atoms with van der Waals surface area (Å²) in [7, 11) is 1.94. The van der Waals surface area contributed by atoms with Crippen LogP contribution in [0, 0.1) is 0 Å². The molecule has 1 N–H and O–H groups in total. The van der Waals surface area contributed by atoms with Crippen LogP contribution < -0.4 is 0 Å². The number of thiophene rings is 1. The van der Waals surface area contributed by atoms with E-state index in [1.165, 1.54) is 17.4 Å². The van der Waals surface area contributed by atoms with Crippen molar-refractivity contribution in [3.05, 3.63) is 45.0 Å². The summed E-state index contributed by atoms with van der Waals surface area (Å²) in [6, 6.07) is 6.99. The van der Waals surface area contributed by atoms with Gasteiger partial charge in [0.1, 0.15) is 5.76 Å². The van der Waals surface area contributed by atoms with Crippen LogP contribution in [0.25, 0.3) is 0 Å². The maximum Gasteiger partial charge on any atom is 0.371 e. The largest absolute Gasteiger partial charge is 0.475 e. The molecule has 4 nitrogen and oxygen atoms in total. The van der Waals surface area contributed by atoms with Crippen molar-refractivity contribution in [2.45, 2.75) is 13.1 Å². The van der Waals surface area contributed by atoms with Crippen molar-refractivity contribution in [3.63, 3.8) is 0 Å². The normalized spacial score (nSPS) is 11.1. The summed E-state index contributed by atoms with van der Waals surface area (Å²) in [5.41, 5.74) is 0. The van der Waals surface area contributed by atoms with Crippen LogP contribution in [0.4, 0.5) is 0 Å². The highest BCUT2D eigenvalue weighted by molar-refractivity contribution is 7.16. The van der Waals surface area contributed by atoms with E-state index >= 15 is 0 Å². The van der Waals surface area contributed by atoms with Gasteiger partial charge in [-0.05, 0) is 31.3 Å². The minimum atomic E-state index is -1.05. The lowest BCUT2D eigenvalue weighted by Crippen LogP contribution is -2.16. The van der Waals surface area contributed by atoms with Crippen molar-refractivity contribution in [1.82, 2.24) is 4.90 Å². The topological polar surface area (TPSA) is 53.7 Å². The number of nitrogens with zero attached hydrogens (tertiary/aromatic N) is 1. The van der Waals surface area contributed by atoms with Crippen LogP contribution >= 0.6 is 22.9 Å². The van der Waals surface area contributed by atoms with Gasteiger partial charge in [0.15, 0.2) is 0 Å². The van der Waals surface area contributed by atoms with Gasteiger partial charge in [-0.25, -0.2) is 4.79 Å². The molecule has 2 heterocycles. The highest BCUT2D eigenvalue weighted by atomic mass is 35.5. The van der Waals surface area contributed by atoms with Gasteiger partial charge in [-0.3, -0.25) is 4.90 Å². The summed E-state index contributed by atoms with van der Waals surface area (Å²) >= 11 is 7.39. The van der Waals surface area contributed by atoms with E-state index in [-0.39, 0.29) is 5.76 Å². The molecule has 0 amide bonds. The Hall–Kier alpha value is -1.30. The fourth-order valence-electron chi connectivity index (χ4n) is 1.60. The Balaban J connectivity index is 1.94. The number of carboxylic acids is 1. The molecular weight excluding hydrogens is 274 g/mol. The third-order valence-electron chi connectivity index (χ3n) is 2.35. The maximum absolute atomic E-state index is 10.7. The van der Waals surface area contributed by atoms with Crippen LogP contribution in [0.2, 0.25) is 4.34 Å². The first-order valence-electron chi connectivity index (χ1n) is 5.29. The zero-order valence-corrected chi connectivity index (χ0v) is 11.3. The lowest BCUT2D eigenvalue weighted by Gasteiger charge is -2.13. The highest BCUT2D eigenvalue weighted by Crippen LogP contribution is 2.23. The molecule has 2 rings (SSSR count). The van der Waals surface area contributed by atoms with Gasteiger partial charge in [0.25, 0.3) is 0 Å². The quantitative estimate of drug-likeness (QED) is 0.915. The molecule has 0 fully saturated rings. The molecule has 0 radical (unpaired) electrons. The lowest BCUT2D eigenvalue weighted by atomic mass is 10.4. The van der Waals surface area contributed by atoms with Gasteiger partial charge in [-0.1, -0.05) is 11.6 Å². The van der Waals surface area contributed by atoms with Crippen molar-refractivity contribution >= 4 is 28.9 Å². The van der Waals surface area contributed by atoms with Gasteiger partial charge in [0.05, 0.1) is 10.9 Å². The Kier molecular flexibility index (Phi) is 4.06. The minimum Gasteiger partial charge on any atom is -0.475 e. The van der Waals surface area contributed by atoms with Gasteiger partial charge in [-0.15, -0.1) is 11.3 Å². The van der Waals surface area contributed by atoms with Crippen LogP contribution in [0.5, 0.6) is 0 Å². The van der Waals surface area contributed by atoms with E-state index in [0.29, 0.717) is 12.3 Å². The third-order valence-corrected chi connectivity index (χ3v) is 3.57. The Morgan fingerprint density at radius 1 is 1.39 bits per heavy atom. The van der Waals surface area contributed by atoms with Crippen molar-refractivity contribution < 1.29 is 14.3 Å². The number of rotatable bonds is 5. The van der Waals surface area contributed by atoms with Crippen LogP contribution in [0.3, 0.4) is 0 Å². The first-order chi connectivity index (χ1) is 8.54. The van der Waals surface area contributed by atoms with Gasteiger partial charge in [-0.2, -0.15) is 0 Å². The molecule has 0 aliphatic rings. The first-order valence-corrected chi connectivity index (χ1v) is 6.49. The summed E-state index contributed by atoms with van der Waals surface area (Å²) in [6.07, 6.45) is 0. The molecular formula is C12H12ClNO3S. The average Bonchev–Trinajstić information content (AvgIpc) is 2.88. The molecule has 0 bridgehead atoms. The van der Waals surface area contributed by atoms with E-state index in [4.69, 9.17) is 21.1 Å². The van der Waals surface area contributed by atoms with E-state index in [1.54, 1.807) is 6.07 Å². The Bertz CT molecular complexity index is 549. The fourth-order valence-corrected chi connectivity index (χ4v) is 2.77. The number of furan rings is 1. The van der Waals surface area contributed by atoms with Crippen molar-refractivity contribution in [2.24, 2.45) is 0 Å². The second-order valence-electron chi connectivity index (χ2n) is 3.95. The monoisotopic (exact) mass is 285 g/mol. The molecule has 0 saturated carbocycles. The molecule has 0 aliphatic carbocycles. The van der Waals surface area contributed by atoms with Crippen molar-refractivity contribution in [3.8, 4) is 0 Å². The molecule has 18 heavy (non-hydrogen) atoms. The number of hydrogen-bond acceptors (Lipinski definition) is 4. The molecule has 0 unspecified atom stereocenters. The number of aromatic carboxylic acids is 1. The van der Waals surface area contributed by atoms with E-state index in [9.17, 15) is 4.79 Å². The standard InChI is InChI=1S/C12H12ClNO3S/c1-14(7-9-3-5-11(13)18-9)6-8-2-4-10(17-8)12(15)16/h2-5H,6-7H2,1H3,(H,15,16). The smallest absolute Gasteiger partial charge is 0.371 e. The molecule has 2 aromatic rings. The number of hydrogen-bond donors (Lipinski definition) is 1. The Morgan fingerprint density at radius 3 is 2.72 bits per heavy atom. The number of halogens is 1. The minimum absolute atomic E-state index is 0.0300. The second-order valence-corrected chi connectivity index (χ2v) is 5.75. The third kappa shape index (κ3) is 3.35. The average molecular weight is 286 g/mol. The van der Waals surface area contributed by atoms with E-state index < -0.39 is 5.97 Å².